The Hall–Kier alpha value is -2.63. The molecule has 216 valence electrons. The van der Waals surface area contributed by atoms with Crippen LogP contribution in [0.25, 0.3) is 0 Å². The Labute approximate surface area is 231 Å². The molecule has 1 amide bonds. The van der Waals surface area contributed by atoms with Crippen molar-refractivity contribution in [2.75, 3.05) is 6.54 Å². The Morgan fingerprint density at radius 3 is 2.03 bits per heavy atom. The van der Waals surface area contributed by atoms with Crippen LogP contribution in [0.2, 0.25) is 0 Å². The number of hydrogen-bond acceptors (Lipinski definition) is 4. The molecule has 0 aliphatic heterocycles. The standard InChI is InChI=1S/C32H53NO5/c1-3-5-7-9-10-11-12-13-14-19-23-27-32(37)38-29(24-20-16-8-6-4-2)25-21-17-15-18-22-26-30(34)33-28-31(35)36/h6,8-10,20-21,24-25,29H,3-5,7,11-19,22-23,26-28H2,1-2H3,(H,33,34)(H,35,36)/b8-6-,10-9-,24-20-,25-21-. The number of nitrogens with one attached hydrogen (secondary N) is 1. The number of amides is 1. The van der Waals surface area contributed by atoms with Crippen LogP contribution in [0.1, 0.15) is 123 Å². The predicted molar refractivity (Wildman–Crippen MR) is 157 cm³/mol. The van der Waals surface area contributed by atoms with E-state index in [1.54, 1.807) is 0 Å². The summed E-state index contributed by atoms with van der Waals surface area (Å²) in [5.74, 6) is -1.42. The molecular formula is C32H53NO5. The Kier molecular flexibility index (Phi) is 25.5. The van der Waals surface area contributed by atoms with Gasteiger partial charge in [0.1, 0.15) is 12.6 Å². The fourth-order valence-electron chi connectivity index (χ4n) is 3.74. The number of carboxylic acid groups (broad SMARTS) is 1. The van der Waals surface area contributed by atoms with Gasteiger partial charge in [0, 0.05) is 12.8 Å². The summed E-state index contributed by atoms with van der Waals surface area (Å²) in [5, 5.41) is 10.9. The average Bonchev–Trinajstić information content (AvgIpc) is 2.89. The van der Waals surface area contributed by atoms with Crippen LogP contribution < -0.4 is 5.32 Å². The van der Waals surface area contributed by atoms with Gasteiger partial charge < -0.3 is 15.2 Å². The van der Waals surface area contributed by atoms with Gasteiger partial charge in [-0.25, -0.2) is 0 Å². The molecular weight excluding hydrogens is 478 g/mol. The molecule has 6 heteroatoms. The van der Waals surface area contributed by atoms with Gasteiger partial charge in [-0.1, -0.05) is 88.8 Å². The van der Waals surface area contributed by atoms with Crippen LogP contribution in [0.4, 0.5) is 0 Å². The maximum Gasteiger partial charge on any atom is 0.322 e. The number of carbonyl (C=O) groups excluding carboxylic acids is 2. The highest BCUT2D eigenvalue weighted by Crippen LogP contribution is 2.11. The summed E-state index contributed by atoms with van der Waals surface area (Å²) in [5.41, 5.74) is 0. The van der Waals surface area contributed by atoms with Crippen LogP contribution in [0.5, 0.6) is 0 Å². The highest BCUT2D eigenvalue weighted by atomic mass is 16.5. The van der Waals surface area contributed by atoms with Gasteiger partial charge >= 0.3 is 11.9 Å². The van der Waals surface area contributed by atoms with Crippen molar-refractivity contribution in [3.05, 3.63) is 48.6 Å². The summed E-state index contributed by atoms with van der Waals surface area (Å²) in [6.07, 6.45) is 32.7. The molecule has 0 spiro atoms. The molecule has 0 heterocycles. The first-order valence-corrected chi connectivity index (χ1v) is 14.8. The number of hydrogen-bond donors (Lipinski definition) is 2. The van der Waals surface area contributed by atoms with Gasteiger partial charge in [-0.3, -0.25) is 14.4 Å². The monoisotopic (exact) mass is 531 g/mol. The van der Waals surface area contributed by atoms with Crippen LogP contribution in [-0.2, 0) is 19.1 Å². The van der Waals surface area contributed by atoms with E-state index in [9.17, 15) is 14.4 Å². The third-order valence-electron chi connectivity index (χ3n) is 5.95. The van der Waals surface area contributed by atoms with Crippen molar-refractivity contribution in [1.82, 2.24) is 5.32 Å². The lowest BCUT2D eigenvalue weighted by Gasteiger charge is -2.11. The predicted octanol–water partition coefficient (Wildman–Crippen LogP) is 8.00. The largest absolute Gasteiger partial charge is 0.480 e. The van der Waals surface area contributed by atoms with Gasteiger partial charge in [0.25, 0.3) is 0 Å². The average molecular weight is 532 g/mol. The molecule has 0 radical (unpaired) electrons. The molecule has 0 aromatic carbocycles. The molecule has 0 aromatic rings. The van der Waals surface area contributed by atoms with E-state index in [1.165, 1.54) is 32.1 Å². The van der Waals surface area contributed by atoms with E-state index in [-0.39, 0.29) is 24.5 Å². The molecule has 38 heavy (non-hydrogen) atoms. The summed E-state index contributed by atoms with van der Waals surface area (Å²) in [6, 6.07) is 0. The second-order valence-electron chi connectivity index (χ2n) is 9.62. The highest BCUT2D eigenvalue weighted by Gasteiger charge is 2.08. The van der Waals surface area contributed by atoms with Crippen LogP contribution in [0.3, 0.4) is 0 Å². The zero-order valence-electron chi connectivity index (χ0n) is 24.0. The first-order valence-electron chi connectivity index (χ1n) is 14.8. The molecule has 0 rings (SSSR count). The quantitative estimate of drug-likeness (QED) is 0.0707. The lowest BCUT2D eigenvalue weighted by atomic mass is 10.1. The maximum atomic E-state index is 12.4. The van der Waals surface area contributed by atoms with Crippen molar-refractivity contribution in [2.24, 2.45) is 0 Å². The van der Waals surface area contributed by atoms with Crippen LogP contribution in [0.15, 0.2) is 48.6 Å². The van der Waals surface area contributed by atoms with Crippen LogP contribution in [0, 0.1) is 0 Å². The number of esters is 1. The lowest BCUT2D eigenvalue weighted by molar-refractivity contribution is -0.145. The molecule has 0 aliphatic carbocycles. The van der Waals surface area contributed by atoms with Crippen molar-refractivity contribution < 1.29 is 24.2 Å². The van der Waals surface area contributed by atoms with Crippen molar-refractivity contribution in [2.45, 2.75) is 129 Å². The van der Waals surface area contributed by atoms with Gasteiger partial charge in [-0.05, 0) is 69.9 Å². The number of carbonyl (C=O) groups is 3. The number of ether oxygens (including phenoxy) is 1. The summed E-state index contributed by atoms with van der Waals surface area (Å²) >= 11 is 0. The lowest BCUT2D eigenvalue weighted by Crippen LogP contribution is -2.28. The fraction of sp³-hybridized carbons (Fsp3) is 0.656. The van der Waals surface area contributed by atoms with E-state index in [1.807, 2.05) is 24.3 Å². The Bertz CT molecular complexity index is 723. The third-order valence-corrected chi connectivity index (χ3v) is 5.95. The second kappa shape index (κ2) is 27.4. The van der Waals surface area contributed by atoms with Crippen LogP contribution in [-0.4, -0.2) is 35.6 Å². The normalized spacial score (nSPS) is 12.7. The summed E-state index contributed by atoms with van der Waals surface area (Å²) in [7, 11) is 0. The molecule has 0 saturated carbocycles. The van der Waals surface area contributed by atoms with Crippen molar-refractivity contribution in [3.8, 4) is 0 Å². The Morgan fingerprint density at radius 1 is 0.711 bits per heavy atom. The fourth-order valence-corrected chi connectivity index (χ4v) is 3.74. The van der Waals surface area contributed by atoms with Gasteiger partial charge in [0.05, 0.1) is 0 Å². The van der Waals surface area contributed by atoms with E-state index in [0.717, 1.165) is 64.2 Å². The minimum atomic E-state index is -1.04. The van der Waals surface area contributed by atoms with E-state index >= 15 is 0 Å². The third kappa shape index (κ3) is 26.4. The number of rotatable bonds is 25. The Morgan fingerprint density at radius 2 is 1.32 bits per heavy atom. The van der Waals surface area contributed by atoms with E-state index in [0.29, 0.717) is 12.8 Å². The SMILES string of the molecule is CC/C=C\C/C=C\C(/C=C\CCCCCC(=O)NCC(=O)O)OC(=O)CCCCCCC/C=C\CCCC. The zero-order valence-corrected chi connectivity index (χ0v) is 24.0. The molecule has 0 fully saturated rings. The van der Waals surface area contributed by atoms with Gasteiger partial charge in [0.2, 0.25) is 5.91 Å². The topological polar surface area (TPSA) is 92.7 Å². The molecule has 1 unspecified atom stereocenters. The molecule has 0 aromatic heterocycles. The smallest absolute Gasteiger partial charge is 0.322 e. The van der Waals surface area contributed by atoms with Crippen LogP contribution >= 0.6 is 0 Å². The van der Waals surface area contributed by atoms with Gasteiger partial charge in [-0.15, -0.1) is 0 Å². The van der Waals surface area contributed by atoms with E-state index in [2.05, 4.69) is 43.5 Å². The molecule has 2 N–H and O–H groups in total. The molecule has 0 bridgehead atoms. The molecule has 0 aliphatic rings. The first kappa shape index (κ1) is 35.4. The van der Waals surface area contributed by atoms with Gasteiger partial charge in [-0.2, -0.15) is 0 Å². The summed E-state index contributed by atoms with van der Waals surface area (Å²) < 4.78 is 5.71. The molecule has 0 saturated heterocycles. The summed E-state index contributed by atoms with van der Waals surface area (Å²) in [6.45, 7) is 3.98. The number of allylic oxidation sites excluding steroid dienone is 6. The summed E-state index contributed by atoms with van der Waals surface area (Å²) in [4.78, 5) is 34.4. The first-order chi connectivity index (χ1) is 18.5. The van der Waals surface area contributed by atoms with E-state index < -0.39 is 5.97 Å². The van der Waals surface area contributed by atoms with Crippen molar-refractivity contribution >= 4 is 17.8 Å². The highest BCUT2D eigenvalue weighted by molar-refractivity contribution is 5.80. The second-order valence-corrected chi connectivity index (χ2v) is 9.62. The number of unbranched alkanes of at least 4 members (excludes halogenated alkanes) is 10. The minimum Gasteiger partial charge on any atom is -0.480 e. The zero-order chi connectivity index (χ0) is 28.1. The minimum absolute atomic E-state index is 0.153. The van der Waals surface area contributed by atoms with E-state index in [4.69, 9.17) is 9.84 Å². The van der Waals surface area contributed by atoms with Crippen molar-refractivity contribution in [1.29, 1.82) is 0 Å². The number of aliphatic carboxylic acids is 1. The number of carboxylic acids is 1. The molecule has 6 nitrogen and oxygen atoms in total. The molecule has 1 atom stereocenters. The van der Waals surface area contributed by atoms with Crippen molar-refractivity contribution in [3.63, 3.8) is 0 Å². The Balaban J connectivity index is 4.23. The maximum absolute atomic E-state index is 12.4. The van der Waals surface area contributed by atoms with Gasteiger partial charge in [0.15, 0.2) is 0 Å².